The highest BCUT2D eigenvalue weighted by molar-refractivity contribution is 4.70. The van der Waals surface area contributed by atoms with Crippen LogP contribution in [0.1, 0.15) is 71.6 Å². The van der Waals surface area contributed by atoms with Gasteiger partial charge in [-0.3, -0.25) is 0 Å². The Morgan fingerprint density at radius 3 is 2.14 bits per heavy atom. The Kier molecular flexibility index (Phi) is 10.6. The number of hydrogen-bond donors (Lipinski definition) is 0. The van der Waals surface area contributed by atoms with Crippen LogP contribution in [0.2, 0.25) is 0 Å². The number of unbranched alkanes of at least 4 members (excludes halogenated alkanes) is 3. The highest BCUT2D eigenvalue weighted by Gasteiger charge is 2.06. The molecular formula is C14H28. The summed E-state index contributed by atoms with van der Waals surface area (Å²) in [6, 6.07) is 0. The number of allylic oxidation sites excluding steroid dienone is 1. The van der Waals surface area contributed by atoms with E-state index in [0.717, 1.165) is 5.92 Å². The highest BCUT2D eigenvalue weighted by Crippen LogP contribution is 2.21. The minimum Gasteiger partial charge on any atom is -0.103 e. The lowest BCUT2D eigenvalue weighted by molar-refractivity contribution is 0.392. The molecule has 0 aromatic carbocycles. The fourth-order valence-corrected chi connectivity index (χ4v) is 1.96. The van der Waals surface area contributed by atoms with Gasteiger partial charge in [-0.1, -0.05) is 64.9 Å². The first kappa shape index (κ1) is 13.7. The van der Waals surface area contributed by atoms with Crippen LogP contribution >= 0.6 is 0 Å². The summed E-state index contributed by atoms with van der Waals surface area (Å²) < 4.78 is 0. The Bertz CT molecular complexity index is 115. The summed E-state index contributed by atoms with van der Waals surface area (Å²) in [4.78, 5) is 0. The maximum Gasteiger partial charge on any atom is -0.0351 e. The smallest absolute Gasteiger partial charge is 0.0351 e. The van der Waals surface area contributed by atoms with Gasteiger partial charge in [-0.05, 0) is 18.8 Å². The number of rotatable bonds is 10. The standard InChI is InChI=1S/C14H28/c1-4-7-10-13-14(11-8-5-2)12-9-6-3/h5,14H,2,4,6-13H2,1,3H3. The van der Waals surface area contributed by atoms with Crippen molar-refractivity contribution in [1.29, 1.82) is 0 Å². The first-order valence-electron chi connectivity index (χ1n) is 6.46. The molecule has 0 aromatic heterocycles. The Balaban J connectivity index is 3.54. The van der Waals surface area contributed by atoms with Crippen molar-refractivity contribution in [1.82, 2.24) is 0 Å². The van der Waals surface area contributed by atoms with Crippen molar-refractivity contribution in [2.45, 2.75) is 71.6 Å². The highest BCUT2D eigenvalue weighted by atomic mass is 14.1. The minimum absolute atomic E-state index is 0.972. The van der Waals surface area contributed by atoms with Crippen LogP contribution in [-0.2, 0) is 0 Å². The fraction of sp³-hybridized carbons (Fsp3) is 0.857. The zero-order valence-electron chi connectivity index (χ0n) is 10.2. The van der Waals surface area contributed by atoms with Crippen LogP contribution in [-0.4, -0.2) is 0 Å². The minimum atomic E-state index is 0.972. The third-order valence-corrected chi connectivity index (χ3v) is 2.96. The van der Waals surface area contributed by atoms with Crippen LogP contribution in [0.5, 0.6) is 0 Å². The molecule has 0 aliphatic rings. The van der Waals surface area contributed by atoms with Crippen molar-refractivity contribution in [3.05, 3.63) is 12.7 Å². The lowest BCUT2D eigenvalue weighted by Gasteiger charge is -2.15. The van der Waals surface area contributed by atoms with Crippen molar-refractivity contribution >= 4 is 0 Å². The largest absolute Gasteiger partial charge is 0.103 e. The molecule has 0 aromatic rings. The SMILES string of the molecule is C=CCCC(CCCC)CCCCC. The topological polar surface area (TPSA) is 0 Å². The van der Waals surface area contributed by atoms with E-state index < -0.39 is 0 Å². The Morgan fingerprint density at radius 1 is 0.929 bits per heavy atom. The van der Waals surface area contributed by atoms with E-state index in [-0.39, 0.29) is 0 Å². The second kappa shape index (κ2) is 10.8. The van der Waals surface area contributed by atoms with Gasteiger partial charge in [0.1, 0.15) is 0 Å². The van der Waals surface area contributed by atoms with Gasteiger partial charge in [0.25, 0.3) is 0 Å². The van der Waals surface area contributed by atoms with Crippen LogP contribution in [0.25, 0.3) is 0 Å². The molecule has 0 N–H and O–H groups in total. The van der Waals surface area contributed by atoms with E-state index in [1.165, 1.54) is 57.8 Å². The summed E-state index contributed by atoms with van der Waals surface area (Å²) in [6.07, 6.45) is 14.5. The fourth-order valence-electron chi connectivity index (χ4n) is 1.96. The lowest BCUT2D eigenvalue weighted by atomic mass is 9.91. The molecule has 0 rings (SSSR count). The molecule has 0 heteroatoms. The summed E-state index contributed by atoms with van der Waals surface area (Å²) in [7, 11) is 0. The van der Waals surface area contributed by atoms with E-state index >= 15 is 0 Å². The Morgan fingerprint density at radius 2 is 1.57 bits per heavy atom. The zero-order chi connectivity index (χ0) is 10.6. The van der Waals surface area contributed by atoms with E-state index in [1.807, 2.05) is 0 Å². The van der Waals surface area contributed by atoms with Gasteiger partial charge in [-0.15, -0.1) is 6.58 Å². The van der Waals surface area contributed by atoms with Crippen LogP contribution < -0.4 is 0 Å². The van der Waals surface area contributed by atoms with Crippen molar-refractivity contribution < 1.29 is 0 Å². The summed E-state index contributed by atoms with van der Waals surface area (Å²) in [6.45, 7) is 8.38. The average molecular weight is 196 g/mol. The molecule has 0 spiro atoms. The molecule has 1 atom stereocenters. The molecule has 0 radical (unpaired) electrons. The quantitative estimate of drug-likeness (QED) is 0.327. The molecule has 0 aliphatic heterocycles. The normalized spacial score (nSPS) is 12.7. The molecular weight excluding hydrogens is 168 g/mol. The molecule has 0 nitrogen and oxygen atoms in total. The molecule has 0 saturated carbocycles. The second-order valence-corrected chi connectivity index (χ2v) is 4.37. The molecule has 1 unspecified atom stereocenters. The average Bonchev–Trinajstić information content (AvgIpc) is 2.21. The second-order valence-electron chi connectivity index (χ2n) is 4.37. The molecule has 0 bridgehead atoms. The van der Waals surface area contributed by atoms with Gasteiger partial charge in [-0.2, -0.15) is 0 Å². The van der Waals surface area contributed by atoms with Crippen LogP contribution in [0.3, 0.4) is 0 Å². The van der Waals surface area contributed by atoms with Gasteiger partial charge in [0.2, 0.25) is 0 Å². The summed E-state index contributed by atoms with van der Waals surface area (Å²) in [5.41, 5.74) is 0. The van der Waals surface area contributed by atoms with Gasteiger partial charge in [0.05, 0.1) is 0 Å². The Labute approximate surface area is 90.8 Å². The van der Waals surface area contributed by atoms with Crippen molar-refractivity contribution in [2.24, 2.45) is 5.92 Å². The predicted molar refractivity (Wildman–Crippen MR) is 66.6 cm³/mol. The van der Waals surface area contributed by atoms with Crippen molar-refractivity contribution in [3.8, 4) is 0 Å². The third kappa shape index (κ3) is 8.34. The molecule has 0 amide bonds. The summed E-state index contributed by atoms with van der Waals surface area (Å²) >= 11 is 0. The third-order valence-electron chi connectivity index (χ3n) is 2.96. The lowest BCUT2D eigenvalue weighted by Crippen LogP contribution is -2.00. The molecule has 0 aliphatic carbocycles. The maximum absolute atomic E-state index is 3.81. The van der Waals surface area contributed by atoms with Gasteiger partial charge in [0.15, 0.2) is 0 Å². The van der Waals surface area contributed by atoms with E-state index in [2.05, 4.69) is 26.5 Å². The molecule has 0 saturated heterocycles. The Hall–Kier alpha value is -0.260. The molecule has 0 heterocycles. The molecule has 0 fully saturated rings. The molecule has 14 heavy (non-hydrogen) atoms. The van der Waals surface area contributed by atoms with E-state index in [1.54, 1.807) is 0 Å². The monoisotopic (exact) mass is 196 g/mol. The van der Waals surface area contributed by atoms with Crippen molar-refractivity contribution in [3.63, 3.8) is 0 Å². The van der Waals surface area contributed by atoms with Crippen LogP contribution in [0, 0.1) is 5.92 Å². The van der Waals surface area contributed by atoms with Gasteiger partial charge in [-0.25, -0.2) is 0 Å². The zero-order valence-corrected chi connectivity index (χ0v) is 10.2. The van der Waals surface area contributed by atoms with Gasteiger partial charge < -0.3 is 0 Å². The summed E-state index contributed by atoms with van der Waals surface area (Å²) in [5.74, 6) is 0.972. The first-order valence-corrected chi connectivity index (χ1v) is 6.46. The van der Waals surface area contributed by atoms with E-state index in [9.17, 15) is 0 Å². The predicted octanol–water partition coefficient (Wildman–Crippen LogP) is 5.34. The molecule has 84 valence electrons. The van der Waals surface area contributed by atoms with Gasteiger partial charge >= 0.3 is 0 Å². The maximum atomic E-state index is 3.81. The van der Waals surface area contributed by atoms with Crippen LogP contribution in [0.15, 0.2) is 12.7 Å². The van der Waals surface area contributed by atoms with Crippen molar-refractivity contribution in [2.75, 3.05) is 0 Å². The first-order chi connectivity index (χ1) is 6.85. The summed E-state index contributed by atoms with van der Waals surface area (Å²) in [5, 5.41) is 0. The van der Waals surface area contributed by atoms with E-state index in [0.29, 0.717) is 0 Å². The number of hydrogen-bond acceptors (Lipinski definition) is 0. The van der Waals surface area contributed by atoms with E-state index in [4.69, 9.17) is 0 Å². The van der Waals surface area contributed by atoms with Crippen LogP contribution in [0.4, 0.5) is 0 Å². The van der Waals surface area contributed by atoms with Gasteiger partial charge in [0, 0.05) is 0 Å².